The molecule has 0 amide bonds. The molecule has 1 aliphatic rings. The van der Waals surface area contributed by atoms with Crippen molar-refractivity contribution >= 4 is 11.8 Å². The van der Waals surface area contributed by atoms with E-state index in [1.165, 1.54) is 13.2 Å². The molecular formula is C13H20O5. The van der Waals surface area contributed by atoms with Crippen molar-refractivity contribution in [3.63, 3.8) is 0 Å². The number of rotatable bonds is 1. The quantitative estimate of drug-likeness (QED) is 0.559. The van der Waals surface area contributed by atoms with Crippen LogP contribution in [0.15, 0.2) is 12.2 Å². The van der Waals surface area contributed by atoms with Crippen LogP contribution >= 0.6 is 0 Å². The van der Waals surface area contributed by atoms with Crippen molar-refractivity contribution in [3.05, 3.63) is 12.2 Å². The maximum atomic E-state index is 11.6. The molecule has 0 unspecified atom stereocenters. The average Bonchev–Trinajstić information content (AvgIpc) is 2.26. The molecule has 0 aromatic carbocycles. The van der Waals surface area contributed by atoms with Gasteiger partial charge < -0.3 is 14.6 Å². The summed E-state index contributed by atoms with van der Waals surface area (Å²) in [6, 6.07) is 0. The topological polar surface area (TPSA) is 72.8 Å². The van der Waals surface area contributed by atoms with E-state index in [1.807, 2.05) is 0 Å². The number of allylic oxidation sites excluding steroid dienone is 1. The first-order valence-electron chi connectivity index (χ1n) is 6.10. The first kappa shape index (κ1) is 14.9. The number of aliphatic hydroxyl groups excluding tert-OH is 1. The molecule has 0 radical (unpaired) electrons. The minimum atomic E-state index is -0.893. The number of carbonyl (C=O) groups is 2. The van der Waals surface area contributed by atoms with Crippen LogP contribution in [0.3, 0.4) is 0 Å². The fourth-order valence-corrected chi connectivity index (χ4v) is 1.89. The van der Waals surface area contributed by atoms with Gasteiger partial charge in [0.2, 0.25) is 0 Å². The van der Waals surface area contributed by atoms with Crippen LogP contribution in [0.5, 0.6) is 0 Å². The Labute approximate surface area is 107 Å². The van der Waals surface area contributed by atoms with Crippen molar-refractivity contribution in [2.24, 2.45) is 0 Å². The molecule has 0 aromatic rings. The number of esters is 1. The normalized spacial score (nSPS) is 33.2. The highest BCUT2D eigenvalue weighted by Gasteiger charge is 2.20. The Bertz CT molecular complexity index is 323. The third-order valence-electron chi connectivity index (χ3n) is 2.80. The molecule has 0 aromatic heterocycles. The predicted octanol–water partition coefficient (Wildman–Crippen LogP) is 0.993. The van der Waals surface area contributed by atoms with Gasteiger partial charge in [0.25, 0.3) is 0 Å². The maximum absolute atomic E-state index is 11.6. The summed E-state index contributed by atoms with van der Waals surface area (Å²) in [7, 11) is 1.54. The van der Waals surface area contributed by atoms with E-state index in [0.29, 0.717) is 12.8 Å². The highest BCUT2D eigenvalue weighted by atomic mass is 16.5. The standard InChI is InChI=1S/C13H20O5/c1-9-6-12(17-2)7-10(14)4-3-5-11(15)8-13(16)18-9/h3,5,9,11-12,15H,4,6-8H2,1-2H3/b5-3+/t9-,11-,12-/m1/s1. The van der Waals surface area contributed by atoms with Crippen molar-refractivity contribution in [3.8, 4) is 0 Å². The molecule has 0 aliphatic carbocycles. The molecule has 5 heteroatoms. The molecule has 5 nitrogen and oxygen atoms in total. The lowest BCUT2D eigenvalue weighted by Gasteiger charge is -2.20. The summed E-state index contributed by atoms with van der Waals surface area (Å²) in [6.07, 6.45) is 2.50. The first-order valence-corrected chi connectivity index (χ1v) is 6.10. The molecule has 1 N–H and O–H groups in total. The molecule has 0 bridgehead atoms. The van der Waals surface area contributed by atoms with E-state index in [9.17, 15) is 14.7 Å². The number of ether oxygens (including phenoxy) is 2. The third-order valence-corrected chi connectivity index (χ3v) is 2.80. The summed E-state index contributed by atoms with van der Waals surface area (Å²) < 4.78 is 10.3. The van der Waals surface area contributed by atoms with Crippen molar-refractivity contribution in [2.75, 3.05) is 7.11 Å². The molecule has 1 heterocycles. The van der Waals surface area contributed by atoms with E-state index in [1.54, 1.807) is 13.0 Å². The molecular weight excluding hydrogens is 236 g/mol. The molecule has 1 rings (SSSR count). The van der Waals surface area contributed by atoms with Gasteiger partial charge in [-0.3, -0.25) is 9.59 Å². The van der Waals surface area contributed by atoms with Crippen molar-refractivity contribution < 1.29 is 24.2 Å². The fourth-order valence-electron chi connectivity index (χ4n) is 1.89. The van der Waals surface area contributed by atoms with Crippen LogP contribution in [0, 0.1) is 0 Å². The van der Waals surface area contributed by atoms with Crippen LogP contribution in [0.25, 0.3) is 0 Å². The predicted molar refractivity (Wildman–Crippen MR) is 65.0 cm³/mol. The molecule has 0 spiro atoms. The van der Waals surface area contributed by atoms with E-state index >= 15 is 0 Å². The van der Waals surface area contributed by atoms with Crippen molar-refractivity contribution in [1.29, 1.82) is 0 Å². The Hall–Kier alpha value is -1.20. The number of ketones is 1. The van der Waals surface area contributed by atoms with Gasteiger partial charge in [0, 0.05) is 26.4 Å². The smallest absolute Gasteiger partial charge is 0.309 e. The summed E-state index contributed by atoms with van der Waals surface area (Å²) in [5.74, 6) is -0.397. The summed E-state index contributed by atoms with van der Waals surface area (Å²) in [4.78, 5) is 23.1. The van der Waals surface area contributed by atoms with Crippen molar-refractivity contribution in [2.45, 2.75) is 50.9 Å². The fraction of sp³-hybridized carbons (Fsp3) is 0.692. The lowest BCUT2D eigenvalue weighted by Crippen LogP contribution is -2.26. The second-order valence-corrected chi connectivity index (χ2v) is 4.54. The summed E-state index contributed by atoms with van der Waals surface area (Å²) >= 11 is 0. The summed E-state index contributed by atoms with van der Waals surface area (Å²) in [5, 5.41) is 9.51. The van der Waals surface area contributed by atoms with Gasteiger partial charge in [0.05, 0.1) is 18.6 Å². The van der Waals surface area contributed by atoms with Gasteiger partial charge >= 0.3 is 5.97 Å². The average molecular weight is 256 g/mol. The van der Waals surface area contributed by atoms with Crippen LogP contribution < -0.4 is 0 Å². The third kappa shape index (κ3) is 5.42. The SMILES string of the molecule is CO[C@H]1CC(=O)C/C=C/[C@@H](O)CC(=O)O[C@H](C)C1. The monoisotopic (exact) mass is 256 g/mol. The largest absolute Gasteiger partial charge is 0.462 e. The number of Topliss-reactive ketones (excluding diaryl/α,β-unsaturated/α-hetero) is 1. The molecule has 102 valence electrons. The number of hydrogen-bond acceptors (Lipinski definition) is 5. The van der Waals surface area contributed by atoms with Gasteiger partial charge in [-0.05, 0) is 6.92 Å². The van der Waals surface area contributed by atoms with Gasteiger partial charge in [-0.25, -0.2) is 0 Å². The second kappa shape index (κ2) is 7.28. The molecule has 0 fully saturated rings. The maximum Gasteiger partial charge on any atom is 0.309 e. The Balaban J connectivity index is 2.71. The van der Waals surface area contributed by atoms with Crippen LogP contribution in [-0.4, -0.2) is 42.3 Å². The number of methoxy groups -OCH3 is 1. The van der Waals surface area contributed by atoms with Gasteiger partial charge in [-0.2, -0.15) is 0 Å². The molecule has 3 atom stereocenters. The Morgan fingerprint density at radius 2 is 2.11 bits per heavy atom. The summed E-state index contributed by atoms with van der Waals surface area (Å²) in [5.41, 5.74) is 0. The van der Waals surface area contributed by atoms with Gasteiger partial charge in [-0.1, -0.05) is 12.2 Å². The number of aliphatic hydroxyl groups is 1. The van der Waals surface area contributed by atoms with E-state index < -0.39 is 12.1 Å². The van der Waals surface area contributed by atoms with Crippen LogP contribution in [0.4, 0.5) is 0 Å². The molecule has 18 heavy (non-hydrogen) atoms. The Morgan fingerprint density at radius 1 is 1.39 bits per heavy atom. The highest BCUT2D eigenvalue weighted by molar-refractivity contribution is 5.80. The Morgan fingerprint density at radius 3 is 2.78 bits per heavy atom. The molecule has 1 aliphatic heterocycles. The van der Waals surface area contributed by atoms with Gasteiger partial charge in [0.1, 0.15) is 11.9 Å². The first-order chi connectivity index (χ1) is 8.51. The summed E-state index contributed by atoms with van der Waals surface area (Å²) in [6.45, 7) is 1.75. The van der Waals surface area contributed by atoms with Crippen LogP contribution in [0.1, 0.15) is 32.6 Å². The molecule has 0 saturated carbocycles. The minimum absolute atomic E-state index is 0.0457. The zero-order valence-electron chi connectivity index (χ0n) is 10.8. The van der Waals surface area contributed by atoms with Gasteiger partial charge in [-0.15, -0.1) is 0 Å². The van der Waals surface area contributed by atoms with E-state index in [-0.39, 0.29) is 30.8 Å². The highest BCUT2D eigenvalue weighted by Crippen LogP contribution is 2.13. The van der Waals surface area contributed by atoms with Gasteiger partial charge in [0.15, 0.2) is 0 Å². The zero-order chi connectivity index (χ0) is 13.5. The number of cyclic esters (lactones) is 1. The number of carbonyl (C=O) groups excluding carboxylic acids is 2. The second-order valence-electron chi connectivity index (χ2n) is 4.54. The van der Waals surface area contributed by atoms with Crippen LogP contribution in [0.2, 0.25) is 0 Å². The van der Waals surface area contributed by atoms with Crippen molar-refractivity contribution in [1.82, 2.24) is 0 Å². The van der Waals surface area contributed by atoms with E-state index in [2.05, 4.69) is 0 Å². The minimum Gasteiger partial charge on any atom is -0.462 e. The zero-order valence-corrected chi connectivity index (χ0v) is 10.8. The Kier molecular flexibility index (Phi) is 6.01. The van der Waals surface area contributed by atoms with Crippen LogP contribution in [-0.2, 0) is 19.1 Å². The lowest BCUT2D eigenvalue weighted by atomic mass is 10.0. The van der Waals surface area contributed by atoms with E-state index in [4.69, 9.17) is 9.47 Å². The molecule has 0 saturated heterocycles. The number of hydrogen-bond donors (Lipinski definition) is 1. The van der Waals surface area contributed by atoms with E-state index in [0.717, 1.165) is 0 Å². The lowest BCUT2D eigenvalue weighted by molar-refractivity contribution is -0.151.